The molecule has 9 heteroatoms. The maximum absolute atomic E-state index is 13.9. The summed E-state index contributed by atoms with van der Waals surface area (Å²) in [6.45, 7) is 1.96. The van der Waals surface area contributed by atoms with Crippen LogP contribution in [-0.2, 0) is 20.9 Å². The third-order valence-corrected chi connectivity index (χ3v) is 11.5. The Morgan fingerprint density at radius 1 is 1.20 bits per heavy atom. The molecule has 0 radical (unpaired) electrons. The van der Waals surface area contributed by atoms with Crippen molar-refractivity contribution in [2.24, 2.45) is 11.8 Å². The minimum absolute atomic E-state index is 0.0402. The highest BCUT2D eigenvalue weighted by Gasteiger charge is 2.76. The molecule has 1 saturated carbocycles. The summed E-state index contributed by atoms with van der Waals surface area (Å²) in [5, 5.41) is 16.2. The number of hydrogen-bond donors (Lipinski definition) is 3. The van der Waals surface area contributed by atoms with Crippen LogP contribution in [0, 0.1) is 11.8 Å². The molecule has 35 heavy (non-hydrogen) atoms. The second kappa shape index (κ2) is 10.1. The van der Waals surface area contributed by atoms with Gasteiger partial charge in [-0.3, -0.25) is 14.4 Å². The summed E-state index contributed by atoms with van der Waals surface area (Å²) < 4.78 is -0.674. The molecule has 7 nitrogen and oxygen atoms in total. The van der Waals surface area contributed by atoms with Crippen LogP contribution in [0.2, 0.25) is 0 Å². The third-order valence-electron chi connectivity index (χ3n) is 8.28. The predicted octanol–water partition coefficient (Wildman–Crippen LogP) is 2.60. The number of alkyl halides is 1. The Morgan fingerprint density at radius 2 is 1.91 bits per heavy atom. The number of halogens is 1. The maximum atomic E-state index is 13.9. The van der Waals surface area contributed by atoms with E-state index in [1.807, 2.05) is 30.3 Å². The van der Waals surface area contributed by atoms with Crippen LogP contribution in [0.15, 0.2) is 30.3 Å². The molecule has 1 aliphatic carbocycles. The molecule has 3 N–H and O–H groups in total. The van der Waals surface area contributed by atoms with Crippen LogP contribution in [0.1, 0.15) is 51.0 Å². The SMILES string of the molecule is C[C@H](CO)N1C(=O)[C@@H]2[C@@H](C(=O)NCc3ccccc3)[C@@H]3SC2(CC3Br)C1C(=O)NC1CCCCC1. The second-order valence-corrected chi connectivity index (χ2v) is 13.2. The standard InChI is InChI=1S/C26H34BrN3O4S/c1-15(14-31)30-22(24(33)29-17-10-6-3-7-11-17)26-12-18(27)21(35-26)19(20(26)25(30)34)23(32)28-13-16-8-4-2-5-9-16/h2,4-5,8-9,15,17-22,31H,3,6-7,10-14H2,1H3,(H,28,32)(H,29,33)/t15-,18?,19-,20+,21-,22?,26?/m1/s1. The van der Waals surface area contributed by atoms with Crippen molar-refractivity contribution in [3.8, 4) is 0 Å². The zero-order valence-electron chi connectivity index (χ0n) is 20.0. The zero-order chi connectivity index (χ0) is 24.7. The number of amides is 3. The van der Waals surface area contributed by atoms with E-state index in [0.717, 1.165) is 31.2 Å². The van der Waals surface area contributed by atoms with Crippen molar-refractivity contribution in [2.75, 3.05) is 6.61 Å². The van der Waals surface area contributed by atoms with Gasteiger partial charge in [-0.05, 0) is 31.7 Å². The average Bonchev–Trinajstić information content (AvgIpc) is 3.46. The minimum Gasteiger partial charge on any atom is -0.394 e. The molecular weight excluding hydrogens is 530 g/mol. The first kappa shape index (κ1) is 25.1. The van der Waals surface area contributed by atoms with E-state index in [-0.39, 0.29) is 40.4 Å². The summed E-state index contributed by atoms with van der Waals surface area (Å²) in [5.74, 6) is -1.54. The van der Waals surface area contributed by atoms with Gasteiger partial charge in [-0.15, -0.1) is 11.8 Å². The van der Waals surface area contributed by atoms with E-state index in [4.69, 9.17) is 0 Å². The molecule has 0 aromatic heterocycles. The maximum Gasteiger partial charge on any atom is 0.244 e. The molecule has 1 aromatic carbocycles. The molecule has 3 amide bonds. The van der Waals surface area contributed by atoms with Crippen molar-refractivity contribution in [2.45, 2.75) is 84.9 Å². The van der Waals surface area contributed by atoms with Crippen LogP contribution in [0.5, 0.6) is 0 Å². The number of carbonyl (C=O) groups is 3. The number of likely N-dealkylation sites (tertiary alicyclic amines) is 1. The van der Waals surface area contributed by atoms with Gasteiger partial charge in [0.1, 0.15) is 6.04 Å². The fraction of sp³-hybridized carbons (Fsp3) is 0.654. The van der Waals surface area contributed by atoms with Gasteiger partial charge in [0.25, 0.3) is 0 Å². The molecule has 1 spiro atoms. The summed E-state index contributed by atoms with van der Waals surface area (Å²) >= 11 is 5.43. The molecule has 1 aromatic rings. The van der Waals surface area contributed by atoms with E-state index < -0.39 is 28.7 Å². The van der Waals surface area contributed by atoms with Gasteiger partial charge in [0.15, 0.2) is 0 Å². The van der Waals surface area contributed by atoms with Gasteiger partial charge in [0.05, 0.1) is 29.2 Å². The topological polar surface area (TPSA) is 98.7 Å². The largest absolute Gasteiger partial charge is 0.394 e. The Kier molecular flexibility index (Phi) is 7.21. The lowest BCUT2D eigenvalue weighted by molar-refractivity contribution is -0.142. The lowest BCUT2D eigenvalue weighted by Crippen LogP contribution is -2.58. The number of thioether (sulfide) groups is 1. The third kappa shape index (κ3) is 4.31. The van der Waals surface area contributed by atoms with E-state index in [0.29, 0.717) is 13.0 Å². The zero-order valence-corrected chi connectivity index (χ0v) is 22.4. The lowest BCUT2D eigenvalue weighted by atomic mass is 9.70. The number of aliphatic hydroxyl groups is 1. The number of benzene rings is 1. The van der Waals surface area contributed by atoms with Crippen molar-refractivity contribution < 1.29 is 19.5 Å². The molecule has 3 heterocycles. The van der Waals surface area contributed by atoms with Crippen molar-refractivity contribution in [1.82, 2.24) is 15.5 Å². The Labute approximate surface area is 219 Å². The Hall–Kier alpha value is -1.58. The van der Waals surface area contributed by atoms with Crippen molar-refractivity contribution in [1.29, 1.82) is 0 Å². The Morgan fingerprint density at radius 3 is 2.60 bits per heavy atom. The highest BCUT2D eigenvalue weighted by molar-refractivity contribution is 9.09. The van der Waals surface area contributed by atoms with Gasteiger partial charge in [-0.2, -0.15) is 0 Å². The highest BCUT2D eigenvalue weighted by Crippen LogP contribution is 2.67. The van der Waals surface area contributed by atoms with E-state index in [1.165, 1.54) is 6.42 Å². The van der Waals surface area contributed by atoms with Gasteiger partial charge in [-0.1, -0.05) is 65.5 Å². The molecule has 7 atom stereocenters. The number of hydrogen-bond acceptors (Lipinski definition) is 5. The average molecular weight is 565 g/mol. The van der Waals surface area contributed by atoms with Crippen LogP contribution in [0.4, 0.5) is 0 Å². The molecule has 3 aliphatic heterocycles. The van der Waals surface area contributed by atoms with Crippen molar-refractivity contribution in [3.05, 3.63) is 35.9 Å². The van der Waals surface area contributed by atoms with Crippen LogP contribution in [0.3, 0.4) is 0 Å². The van der Waals surface area contributed by atoms with Crippen LogP contribution in [0.25, 0.3) is 0 Å². The monoisotopic (exact) mass is 563 g/mol. The number of nitrogens with zero attached hydrogens (tertiary/aromatic N) is 1. The first-order valence-electron chi connectivity index (χ1n) is 12.7. The second-order valence-electron chi connectivity index (χ2n) is 10.5. The normalized spacial score (nSPS) is 35.1. The summed E-state index contributed by atoms with van der Waals surface area (Å²) in [5.41, 5.74) is 1.000. The molecular formula is C26H34BrN3O4S. The molecule has 4 fully saturated rings. The van der Waals surface area contributed by atoms with Crippen LogP contribution in [-0.4, -0.2) is 67.3 Å². The number of carbonyl (C=O) groups excluding carboxylic acids is 3. The molecule has 190 valence electrons. The molecule has 3 unspecified atom stereocenters. The fourth-order valence-corrected chi connectivity index (χ4v) is 10.3. The van der Waals surface area contributed by atoms with Crippen molar-refractivity contribution in [3.63, 3.8) is 0 Å². The molecule has 3 saturated heterocycles. The van der Waals surface area contributed by atoms with Gasteiger partial charge >= 0.3 is 0 Å². The summed E-state index contributed by atoms with van der Waals surface area (Å²) in [6.07, 6.45) is 5.96. The summed E-state index contributed by atoms with van der Waals surface area (Å²) in [6, 6.07) is 8.66. The van der Waals surface area contributed by atoms with E-state index in [9.17, 15) is 19.5 Å². The van der Waals surface area contributed by atoms with E-state index in [1.54, 1.807) is 23.6 Å². The van der Waals surface area contributed by atoms with Crippen molar-refractivity contribution >= 4 is 45.4 Å². The molecule has 4 aliphatic rings. The number of rotatable bonds is 7. The van der Waals surface area contributed by atoms with Gasteiger partial charge in [0.2, 0.25) is 17.7 Å². The smallest absolute Gasteiger partial charge is 0.244 e. The number of nitrogens with one attached hydrogen (secondary N) is 2. The van der Waals surface area contributed by atoms with Crippen LogP contribution >= 0.6 is 27.7 Å². The van der Waals surface area contributed by atoms with Gasteiger partial charge in [0, 0.05) is 22.7 Å². The first-order valence-corrected chi connectivity index (χ1v) is 14.5. The Balaban J connectivity index is 1.43. The minimum atomic E-state index is -0.689. The van der Waals surface area contributed by atoms with E-state index in [2.05, 4.69) is 26.6 Å². The number of aliphatic hydroxyl groups excluding tert-OH is 1. The number of fused-ring (bicyclic) bond motifs is 1. The highest BCUT2D eigenvalue weighted by atomic mass is 79.9. The fourth-order valence-electron chi connectivity index (χ4n) is 6.66. The van der Waals surface area contributed by atoms with Gasteiger partial charge < -0.3 is 20.6 Å². The lowest BCUT2D eigenvalue weighted by Gasteiger charge is -2.37. The summed E-state index contributed by atoms with van der Waals surface area (Å²) in [4.78, 5) is 42.8. The molecule has 5 rings (SSSR count). The first-order chi connectivity index (χ1) is 16.9. The predicted molar refractivity (Wildman–Crippen MR) is 139 cm³/mol. The quantitative estimate of drug-likeness (QED) is 0.443. The van der Waals surface area contributed by atoms with E-state index >= 15 is 0 Å². The Bertz CT molecular complexity index is 975. The summed E-state index contributed by atoms with van der Waals surface area (Å²) in [7, 11) is 0. The molecule has 2 bridgehead atoms. The van der Waals surface area contributed by atoms with Gasteiger partial charge in [-0.25, -0.2) is 0 Å². The van der Waals surface area contributed by atoms with Crippen LogP contribution < -0.4 is 10.6 Å².